The number of ether oxygens (including phenoxy) is 1. The first-order valence-corrected chi connectivity index (χ1v) is 5.00. The number of rotatable bonds is 6. The lowest BCUT2D eigenvalue weighted by molar-refractivity contribution is 0.251. The van der Waals surface area contributed by atoms with E-state index in [9.17, 15) is 4.39 Å². The average Bonchev–Trinajstić information content (AvgIpc) is 2.24. The molecule has 0 spiro atoms. The van der Waals surface area contributed by atoms with Crippen LogP contribution in [0.25, 0.3) is 0 Å². The summed E-state index contributed by atoms with van der Waals surface area (Å²) < 4.78 is 18.6. The van der Waals surface area contributed by atoms with Gasteiger partial charge in [-0.25, -0.2) is 4.39 Å². The molecule has 1 aromatic carbocycles. The number of benzene rings is 1. The fourth-order valence-electron chi connectivity index (χ4n) is 1.27. The highest BCUT2D eigenvalue weighted by molar-refractivity contribution is 5.34. The zero-order valence-corrected chi connectivity index (χ0v) is 8.58. The van der Waals surface area contributed by atoms with Gasteiger partial charge in [0.2, 0.25) is 0 Å². The molecule has 0 radical (unpaired) electrons. The first-order valence-electron chi connectivity index (χ1n) is 5.00. The Morgan fingerprint density at radius 3 is 2.80 bits per heavy atom. The molecule has 0 aliphatic carbocycles. The lowest BCUT2D eigenvalue weighted by Gasteiger charge is -2.10. The van der Waals surface area contributed by atoms with E-state index in [1.807, 2.05) is 0 Å². The van der Waals surface area contributed by atoms with Crippen LogP contribution in [0, 0.1) is 5.82 Å². The highest BCUT2D eigenvalue weighted by Crippen LogP contribution is 2.20. The van der Waals surface area contributed by atoms with Crippen molar-refractivity contribution in [1.82, 2.24) is 0 Å². The summed E-state index contributed by atoms with van der Waals surface area (Å²) in [5, 5.41) is 8.57. The maximum absolute atomic E-state index is 13.2. The van der Waals surface area contributed by atoms with Gasteiger partial charge in [-0.15, -0.1) is 0 Å². The van der Waals surface area contributed by atoms with E-state index < -0.39 is 0 Å². The highest BCUT2D eigenvalue weighted by Gasteiger charge is 2.06. The molecule has 0 bridgehead atoms. The molecule has 0 amide bonds. The number of nitrogens with two attached hydrogens (primary N) is 1. The van der Waals surface area contributed by atoms with E-state index in [1.165, 1.54) is 6.07 Å². The first-order chi connectivity index (χ1) is 7.29. The molecule has 0 saturated carbocycles. The Morgan fingerprint density at radius 2 is 2.13 bits per heavy atom. The average molecular weight is 213 g/mol. The Kier molecular flexibility index (Phi) is 5.07. The van der Waals surface area contributed by atoms with Crippen LogP contribution in [0.3, 0.4) is 0 Å². The molecule has 0 heterocycles. The summed E-state index contributed by atoms with van der Waals surface area (Å²) in [6.45, 7) is 0.745. The van der Waals surface area contributed by atoms with Crippen LogP contribution in [0.1, 0.15) is 18.4 Å². The molecule has 0 atom stereocenters. The van der Waals surface area contributed by atoms with Crippen LogP contribution < -0.4 is 10.5 Å². The Balaban J connectivity index is 2.56. The zero-order chi connectivity index (χ0) is 11.1. The smallest absolute Gasteiger partial charge is 0.131 e. The van der Waals surface area contributed by atoms with E-state index in [0.29, 0.717) is 24.3 Å². The molecule has 84 valence electrons. The Morgan fingerprint density at radius 1 is 1.33 bits per heavy atom. The third kappa shape index (κ3) is 3.49. The number of hydrogen-bond donors (Lipinski definition) is 2. The number of halogens is 1. The number of aliphatic hydroxyl groups excluding tert-OH is 1. The maximum Gasteiger partial charge on any atom is 0.131 e. The molecule has 1 aromatic rings. The van der Waals surface area contributed by atoms with Crippen LogP contribution in [0.4, 0.5) is 4.39 Å². The number of aliphatic hydroxyl groups is 1. The van der Waals surface area contributed by atoms with Gasteiger partial charge in [-0.05, 0) is 25.0 Å². The van der Waals surface area contributed by atoms with Crippen molar-refractivity contribution in [2.24, 2.45) is 5.73 Å². The summed E-state index contributed by atoms with van der Waals surface area (Å²) >= 11 is 0. The molecule has 15 heavy (non-hydrogen) atoms. The minimum Gasteiger partial charge on any atom is -0.493 e. The van der Waals surface area contributed by atoms with E-state index in [4.69, 9.17) is 15.6 Å². The summed E-state index contributed by atoms with van der Waals surface area (Å²) in [4.78, 5) is 0. The van der Waals surface area contributed by atoms with Gasteiger partial charge in [0.25, 0.3) is 0 Å². The van der Waals surface area contributed by atoms with Crippen molar-refractivity contribution < 1.29 is 14.2 Å². The molecule has 0 unspecified atom stereocenters. The van der Waals surface area contributed by atoms with Crippen LogP contribution in [0.5, 0.6) is 5.75 Å². The minimum absolute atomic E-state index is 0.127. The lowest BCUT2D eigenvalue weighted by Crippen LogP contribution is -2.06. The third-order valence-corrected chi connectivity index (χ3v) is 2.09. The highest BCUT2D eigenvalue weighted by atomic mass is 19.1. The first kappa shape index (κ1) is 11.9. The number of unbranched alkanes of at least 4 members (excludes halogenated alkanes) is 1. The SMILES string of the molecule is NCc1c(F)cccc1OCCCCO. The van der Waals surface area contributed by atoms with Crippen LogP contribution in [-0.4, -0.2) is 18.3 Å². The van der Waals surface area contributed by atoms with Crippen LogP contribution in [-0.2, 0) is 6.54 Å². The lowest BCUT2D eigenvalue weighted by atomic mass is 10.2. The summed E-state index contributed by atoms with van der Waals surface area (Å²) in [5.74, 6) is 0.160. The Hall–Kier alpha value is -1.13. The van der Waals surface area contributed by atoms with Gasteiger partial charge in [-0.3, -0.25) is 0 Å². The van der Waals surface area contributed by atoms with Crippen LogP contribution >= 0.6 is 0 Å². The standard InChI is InChI=1S/C11H16FNO2/c12-10-4-3-5-11(9(10)8-13)15-7-2-1-6-14/h3-5,14H,1-2,6-8,13H2. The molecular formula is C11H16FNO2. The van der Waals surface area contributed by atoms with E-state index in [0.717, 1.165) is 6.42 Å². The second kappa shape index (κ2) is 6.37. The van der Waals surface area contributed by atoms with Gasteiger partial charge in [-0.1, -0.05) is 6.07 Å². The van der Waals surface area contributed by atoms with Crippen LogP contribution in [0.2, 0.25) is 0 Å². The van der Waals surface area contributed by atoms with E-state index in [-0.39, 0.29) is 19.0 Å². The van der Waals surface area contributed by atoms with Gasteiger partial charge in [-0.2, -0.15) is 0 Å². The summed E-state index contributed by atoms with van der Waals surface area (Å²) in [7, 11) is 0. The maximum atomic E-state index is 13.2. The molecule has 0 aromatic heterocycles. The molecule has 0 aliphatic rings. The fourth-order valence-corrected chi connectivity index (χ4v) is 1.27. The van der Waals surface area contributed by atoms with Gasteiger partial charge >= 0.3 is 0 Å². The Bertz CT molecular complexity index is 305. The monoisotopic (exact) mass is 213 g/mol. The van der Waals surface area contributed by atoms with Gasteiger partial charge < -0.3 is 15.6 Å². The summed E-state index contributed by atoms with van der Waals surface area (Å²) in [6.07, 6.45) is 1.43. The van der Waals surface area contributed by atoms with Crippen molar-refractivity contribution in [3.8, 4) is 5.75 Å². The van der Waals surface area contributed by atoms with E-state index >= 15 is 0 Å². The van der Waals surface area contributed by atoms with Crippen LogP contribution in [0.15, 0.2) is 18.2 Å². The van der Waals surface area contributed by atoms with Gasteiger partial charge in [0.05, 0.1) is 6.61 Å². The number of hydrogen-bond acceptors (Lipinski definition) is 3. The predicted octanol–water partition coefficient (Wildman–Crippen LogP) is 1.44. The van der Waals surface area contributed by atoms with Crippen molar-refractivity contribution in [3.05, 3.63) is 29.6 Å². The molecular weight excluding hydrogens is 197 g/mol. The second-order valence-corrected chi connectivity index (χ2v) is 3.20. The topological polar surface area (TPSA) is 55.5 Å². The molecule has 3 N–H and O–H groups in total. The second-order valence-electron chi connectivity index (χ2n) is 3.20. The fraction of sp³-hybridized carbons (Fsp3) is 0.455. The van der Waals surface area contributed by atoms with Crippen molar-refractivity contribution in [2.75, 3.05) is 13.2 Å². The largest absolute Gasteiger partial charge is 0.493 e. The predicted molar refractivity (Wildman–Crippen MR) is 56.1 cm³/mol. The molecule has 0 aliphatic heterocycles. The summed E-state index contributed by atoms with van der Waals surface area (Å²) in [5.41, 5.74) is 5.83. The quantitative estimate of drug-likeness (QED) is 0.703. The molecule has 1 rings (SSSR count). The molecule has 4 heteroatoms. The Labute approximate surface area is 88.7 Å². The normalized spacial score (nSPS) is 10.3. The van der Waals surface area contributed by atoms with Gasteiger partial charge in [0.15, 0.2) is 0 Å². The molecule has 0 fully saturated rings. The van der Waals surface area contributed by atoms with Crippen molar-refractivity contribution in [3.63, 3.8) is 0 Å². The zero-order valence-electron chi connectivity index (χ0n) is 8.58. The van der Waals surface area contributed by atoms with E-state index in [1.54, 1.807) is 12.1 Å². The van der Waals surface area contributed by atoms with Gasteiger partial charge in [0.1, 0.15) is 11.6 Å². The molecule has 0 saturated heterocycles. The van der Waals surface area contributed by atoms with Crippen molar-refractivity contribution >= 4 is 0 Å². The summed E-state index contributed by atoms with van der Waals surface area (Å²) in [6, 6.07) is 4.66. The third-order valence-electron chi connectivity index (χ3n) is 2.09. The van der Waals surface area contributed by atoms with Crippen molar-refractivity contribution in [2.45, 2.75) is 19.4 Å². The van der Waals surface area contributed by atoms with Crippen molar-refractivity contribution in [1.29, 1.82) is 0 Å². The van der Waals surface area contributed by atoms with Gasteiger partial charge in [0, 0.05) is 18.7 Å². The van der Waals surface area contributed by atoms with E-state index in [2.05, 4.69) is 0 Å². The minimum atomic E-state index is -0.336. The molecule has 3 nitrogen and oxygen atoms in total.